The number of rotatable bonds is 5. The molecule has 0 atom stereocenters. The fourth-order valence-electron chi connectivity index (χ4n) is 2.84. The largest absolute Gasteiger partial charge is 0.255 e. The second kappa shape index (κ2) is 8.00. The van der Waals surface area contributed by atoms with Crippen LogP contribution in [0.25, 0.3) is 22.9 Å². The van der Waals surface area contributed by atoms with Gasteiger partial charge in [0.05, 0.1) is 22.8 Å². The summed E-state index contributed by atoms with van der Waals surface area (Å²) in [6, 6.07) is 17.8. The molecule has 0 radical (unpaired) electrons. The van der Waals surface area contributed by atoms with Crippen LogP contribution in [-0.2, 0) is 12.8 Å². The smallest absolute Gasteiger partial charge is 0.200 e. The van der Waals surface area contributed by atoms with Crippen molar-refractivity contribution < 1.29 is 0 Å². The molecule has 4 rings (SSSR count). The van der Waals surface area contributed by atoms with Crippen molar-refractivity contribution in [2.75, 3.05) is 0 Å². The van der Waals surface area contributed by atoms with E-state index in [1.807, 2.05) is 68.4 Å². The van der Waals surface area contributed by atoms with Gasteiger partial charge in [-0.05, 0) is 63.1 Å². The molecule has 0 saturated carbocycles. The van der Waals surface area contributed by atoms with Crippen LogP contribution in [-0.4, -0.2) is 30.1 Å². The average molecular weight is 368 g/mol. The molecule has 4 aromatic rings. The summed E-state index contributed by atoms with van der Waals surface area (Å²) in [6.45, 7) is 3.83. The molecule has 0 N–H and O–H groups in total. The summed E-state index contributed by atoms with van der Waals surface area (Å²) in [7, 11) is 0. The average Bonchev–Trinajstić information content (AvgIpc) is 2.75. The summed E-state index contributed by atoms with van der Waals surface area (Å²) in [6.07, 6.45) is 3.36. The van der Waals surface area contributed by atoms with Gasteiger partial charge in [0.15, 0.2) is 0 Å². The molecule has 0 aliphatic rings. The van der Waals surface area contributed by atoms with Crippen LogP contribution in [0.1, 0.15) is 22.8 Å². The van der Waals surface area contributed by atoms with Crippen LogP contribution in [0, 0.1) is 13.8 Å². The maximum absolute atomic E-state index is 4.73. The molecular weight excluding hydrogens is 348 g/mol. The summed E-state index contributed by atoms with van der Waals surface area (Å²) >= 11 is 0. The third-order valence-corrected chi connectivity index (χ3v) is 4.50. The Kier molecular flexibility index (Phi) is 5.10. The van der Waals surface area contributed by atoms with Gasteiger partial charge >= 0.3 is 0 Å². The molecule has 0 aromatic carbocycles. The van der Waals surface area contributed by atoms with E-state index in [4.69, 9.17) is 9.97 Å². The minimum atomic E-state index is 0.556. The molecule has 0 amide bonds. The number of aryl methyl sites for hydroxylation is 4. The number of hydrogen-bond acceptors (Lipinski definition) is 6. The van der Waals surface area contributed by atoms with Crippen molar-refractivity contribution in [1.82, 2.24) is 30.1 Å². The first kappa shape index (κ1) is 17.9. The predicted molar refractivity (Wildman–Crippen MR) is 107 cm³/mol. The molecule has 6 heteroatoms. The molecule has 0 spiro atoms. The van der Waals surface area contributed by atoms with Crippen LogP contribution in [0.5, 0.6) is 0 Å². The van der Waals surface area contributed by atoms with Crippen LogP contribution < -0.4 is 0 Å². The van der Waals surface area contributed by atoms with Crippen molar-refractivity contribution in [3.05, 3.63) is 83.6 Å². The molecule has 0 fully saturated rings. The second-order valence-electron chi connectivity index (χ2n) is 6.55. The zero-order valence-corrected chi connectivity index (χ0v) is 15.9. The van der Waals surface area contributed by atoms with E-state index >= 15 is 0 Å². The summed E-state index contributed by atoms with van der Waals surface area (Å²) in [4.78, 5) is 18.3. The van der Waals surface area contributed by atoms with Crippen LogP contribution in [0.2, 0.25) is 0 Å². The van der Waals surface area contributed by atoms with Crippen molar-refractivity contribution in [2.45, 2.75) is 26.7 Å². The van der Waals surface area contributed by atoms with Gasteiger partial charge in [-0.2, -0.15) is 5.10 Å². The highest BCUT2D eigenvalue weighted by Crippen LogP contribution is 2.16. The van der Waals surface area contributed by atoms with E-state index in [1.165, 1.54) is 0 Å². The van der Waals surface area contributed by atoms with E-state index < -0.39 is 0 Å². The Morgan fingerprint density at radius 1 is 0.607 bits per heavy atom. The fourth-order valence-corrected chi connectivity index (χ4v) is 2.84. The van der Waals surface area contributed by atoms with E-state index in [0.29, 0.717) is 5.82 Å². The molecule has 4 heterocycles. The van der Waals surface area contributed by atoms with Gasteiger partial charge in [0.2, 0.25) is 5.82 Å². The maximum atomic E-state index is 4.73. The number of hydrogen-bond donors (Lipinski definition) is 0. The SMILES string of the molecule is Cc1nnc(-c2cccc(CCc3cccc(-c4ccccn4)n3)n2)nc1C. The van der Waals surface area contributed by atoms with Crippen molar-refractivity contribution in [3.8, 4) is 22.9 Å². The Labute approximate surface area is 163 Å². The van der Waals surface area contributed by atoms with Gasteiger partial charge in [-0.1, -0.05) is 18.2 Å². The van der Waals surface area contributed by atoms with E-state index in [2.05, 4.69) is 20.2 Å². The monoisotopic (exact) mass is 368 g/mol. The molecule has 0 bridgehead atoms. The first-order valence-corrected chi connectivity index (χ1v) is 9.20. The molecule has 0 aliphatic carbocycles. The first-order valence-electron chi connectivity index (χ1n) is 9.20. The minimum Gasteiger partial charge on any atom is -0.255 e. The van der Waals surface area contributed by atoms with Crippen LogP contribution in [0.15, 0.2) is 60.8 Å². The van der Waals surface area contributed by atoms with Crippen LogP contribution >= 0.6 is 0 Å². The molecular formula is C22H20N6. The van der Waals surface area contributed by atoms with E-state index in [9.17, 15) is 0 Å². The maximum Gasteiger partial charge on any atom is 0.200 e. The second-order valence-corrected chi connectivity index (χ2v) is 6.55. The van der Waals surface area contributed by atoms with Crippen LogP contribution in [0.3, 0.4) is 0 Å². The van der Waals surface area contributed by atoms with Gasteiger partial charge in [0.1, 0.15) is 5.69 Å². The lowest BCUT2D eigenvalue weighted by atomic mass is 10.1. The van der Waals surface area contributed by atoms with Gasteiger partial charge in [0.25, 0.3) is 0 Å². The van der Waals surface area contributed by atoms with Crippen molar-refractivity contribution in [1.29, 1.82) is 0 Å². The molecule has 0 saturated heterocycles. The lowest BCUT2D eigenvalue weighted by Crippen LogP contribution is -2.02. The first-order chi connectivity index (χ1) is 13.7. The highest BCUT2D eigenvalue weighted by atomic mass is 15.2. The summed E-state index contributed by atoms with van der Waals surface area (Å²) in [5.74, 6) is 0.556. The lowest BCUT2D eigenvalue weighted by molar-refractivity contribution is 0.869. The molecule has 0 unspecified atom stereocenters. The van der Waals surface area contributed by atoms with Gasteiger partial charge in [-0.15, -0.1) is 5.10 Å². The van der Waals surface area contributed by atoms with E-state index in [0.717, 1.165) is 52.7 Å². The van der Waals surface area contributed by atoms with Gasteiger partial charge in [-0.25, -0.2) is 9.97 Å². The van der Waals surface area contributed by atoms with Crippen molar-refractivity contribution in [3.63, 3.8) is 0 Å². The zero-order chi connectivity index (χ0) is 19.3. The number of pyridine rings is 3. The summed E-state index contributed by atoms with van der Waals surface area (Å²) < 4.78 is 0. The Morgan fingerprint density at radius 2 is 1.29 bits per heavy atom. The molecule has 6 nitrogen and oxygen atoms in total. The fraction of sp³-hybridized carbons (Fsp3) is 0.182. The van der Waals surface area contributed by atoms with E-state index in [-0.39, 0.29) is 0 Å². The molecule has 4 aromatic heterocycles. The topological polar surface area (TPSA) is 77.3 Å². The molecule has 28 heavy (non-hydrogen) atoms. The van der Waals surface area contributed by atoms with Crippen LogP contribution in [0.4, 0.5) is 0 Å². The van der Waals surface area contributed by atoms with E-state index in [1.54, 1.807) is 6.20 Å². The van der Waals surface area contributed by atoms with Gasteiger partial charge in [0, 0.05) is 17.6 Å². The Hall–Kier alpha value is -3.54. The Bertz CT molecular complexity index is 1090. The zero-order valence-electron chi connectivity index (χ0n) is 15.9. The van der Waals surface area contributed by atoms with Crippen molar-refractivity contribution in [2.24, 2.45) is 0 Å². The third kappa shape index (κ3) is 4.06. The quantitative estimate of drug-likeness (QED) is 0.533. The Morgan fingerprint density at radius 3 is 1.96 bits per heavy atom. The highest BCUT2D eigenvalue weighted by Gasteiger charge is 2.08. The minimum absolute atomic E-state index is 0.556. The predicted octanol–water partition coefficient (Wildman–Crippen LogP) is 3.79. The normalized spacial score (nSPS) is 10.8. The van der Waals surface area contributed by atoms with Gasteiger partial charge in [-0.3, -0.25) is 9.97 Å². The standard InChI is InChI=1S/C22H20N6/c1-15-16(2)27-28-22(24-15)21-11-6-8-18(26-21)13-12-17-7-5-10-20(25-17)19-9-3-4-14-23-19/h3-11,14H,12-13H2,1-2H3. The molecule has 138 valence electrons. The third-order valence-electron chi connectivity index (χ3n) is 4.50. The summed E-state index contributed by atoms with van der Waals surface area (Å²) in [5.41, 5.74) is 6.19. The summed E-state index contributed by atoms with van der Waals surface area (Å²) in [5, 5.41) is 8.32. The van der Waals surface area contributed by atoms with Gasteiger partial charge < -0.3 is 0 Å². The highest BCUT2D eigenvalue weighted by molar-refractivity contribution is 5.53. The molecule has 0 aliphatic heterocycles. The number of aromatic nitrogens is 6. The Balaban J connectivity index is 1.51. The lowest BCUT2D eigenvalue weighted by Gasteiger charge is -2.06. The van der Waals surface area contributed by atoms with Crippen molar-refractivity contribution >= 4 is 0 Å². The number of nitrogens with zero attached hydrogens (tertiary/aromatic N) is 6.